The number of halogens is 1. The summed E-state index contributed by atoms with van der Waals surface area (Å²) >= 11 is 3.35. The minimum atomic E-state index is -3.73. The molecule has 2 aromatic rings. The summed E-state index contributed by atoms with van der Waals surface area (Å²) in [5, 5.41) is 4.99. The van der Waals surface area contributed by atoms with E-state index in [0.717, 1.165) is 16.2 Å². The number of benzene rings is 1. The van der Waals surface area contributed by atoms with Gasteiger partial charge in [0, 0.05) is 10.5 Å². The molecule has 0 spiro atoms. The maximum Gasteiger partial charge on any atom is 0.239 e. The lowest BCUT2D eigenvalue weighted by Crippen LogP contribution is -2.12. The van der Waals surface area contributed by atoms with Gasteiger partial charge in [0.05, 0.1) is 6.20 Å². The number of sulfonamides is 1. The second-order valence-electron chi connectivity index (χ2n) is 3.89. The highest BCUT2D eigenvalue weighted by Crippen LogP contribution is 2.27. The fourth-order valence-corrected chi connectivity index (χ4v) is 2.19. The number of nitrogens with two attached hydrogens (primary N) is 1. The normalized spacial score (nSPS) is 11.3. The Bertz CT molecular complexity index is 699. The number of aryl methyl sites for hydroxylation is 1. The Kier molecular flexibility index (Phi) is 3.88. The first-order valence-electron chi connectivity index (χ1n) is 5.29. The molecule has 0 amide bonds. The van der Waals surface area contributed by atoms with E-state index in [0.29, 0.717) is 11.6 Å². The van der Waals surface area contributed by atoms with Crippen LogP contribution in [0, 0.1) is 6.92 Å². The summed E-state index contributed by atoms with van der Waals surface area (Å²) in [5.74, 6) is 0.943. The van der Waals surface area contributed by atoms with Crippen molar-refractivity contribution >= 4 is 26.0 Å². The standard InChI is InChI=1S/C12H11BrN2O3S/c1-8-2-3-9(13)6-11(8)18-12-5-4-10(7-15-12)19(14,16)17/h2-7H,1H3,(H2,14,16,17). The van der Waals surface area contributed by atoms with E-state index in [1.54, 1.807) is 0 Å². The van der Waals surface area contributed by atoms with Crippen LogP contribution in [0.2, 0.25) is 0 Å². The molecule has 1 aromatic heterocycles. The van der Waals surface area contributed by atoms with Gasteiger partial charge < -0.3 is 4.74 Å². The van der Waals surface area contributed by atoms with Gasteiger partial charge in [0.15, 0.2) is 0 Å². The number of ether oxygens (including phenoxy) is 1. The smallest absolute Gasteiger partial charge is 0.239 e. The van der Waals surface area contributed by atoms with Crippen LogP contribution in [0.15, 0.2) is 45.9 Å². The molecule has 5 nitrogen and oxygen atoms in total. The molecule has 2 rings (SSSR count). The van der Waals surface area contributed by atoms with Gasteiger partial charge in [0.1, 0.15) is 10.6 Å². The molecule has 1 aromatic carbocycles. The molecule has 0 saturated heterocycles. The predicted molar refractivity (Wildman–Crippen MR) is 74.6 cm³/mol. The van der Waals surface area contributed by atoms with Crippen molar-refractivity contribution in [3.05, 3.63) is 46.6 Å². The predicted octanol–water partition coefficient (Wildman–Crippen LogP) is 2.59. The number of aromatic nitrogens is 1. The summed E-state index contributed by atoms with van der Waals surface area (Å²) in [6.45, 7) is 1.90. The zero-order valence-corrected chi connectivity index (χ0v) is 12.4. The molecule has 2 N–H and O–H groups in total. The lowest BCUT2D eigenvalue weighted by molar-refractivity contribution is 0.458. The lowest BCUT2D eigenvalue weighted by Gasteiger charge is -2.08. The van der Waals surface area contributed by atoms with Crippen LogP contribution in [-0.2, 0) is 10.0 Å². The van der Waals surface area contributed by atoms with Crippen molar-refractivity contribution in [2.75, 3.05) is 0 Å². The van der Waals surface area contributed by atoms with E-state index in [4.69, 9.17) is 9.88 Å². The minimum Gasteiger partial charge on any atom is -0.439 e. The number of nitrogens with zero attached hydrogens (tertiary/aromatic N) is 1. The molecular formula is C12H11BrN2O3S. The first-order valence-corrected chi connectivity index (χ1v) is 7.63. The Morgan fingerprint density at radius 1 is 1.26 bits per heavy atom. The van der Waals surface area contributed by atoms with Gasteiger partial charge in [0.25, 0.3) is 0 Å². The third-order valence-electron chi connectivity index (χ3n) is 2.40. The highest BCUT2D eigenvalue weighted by molar-refractivity contribution is 9.10. The zero-order valence-electron chi connectivity index (χ0n) is 10.00. The number of hydrogen-bond acceptors (Lipinski definition) is 4. The van der Waals surface area contributed by atoms with Crippen LogP contribution in [0.4, 0.5) is 0 Å². The van der Waals surface area contributed by atoms with Gasteiger partial charge in [-0.15, -0.1) is 0 Å². The molecule has 0 radical (unpaired) electrons. The summed E-state index contributed by atoms with van der Waals surface area (Å²) in [7, 11) is -3.73. The van der Waals surface area contributed by atoms with Gasteiger partial charge in [-0.25, -0.2) is 18.5 Å². The summed E-state index contributed by atoms with van der Waals surface area (Å²) in [6, 6.07) is 8.42. The zero-order chi connectivity index (χ0) is 14.0. The van der Waals surface area contributed by atoms with Crippen LogP contribution >= 0.6 is 15.9 Å². The molecule has 0 aliphatic rings. The highest BCUT2D eigenvalue weighted by atomic mass is 79.9. The van der Waals surface area contributed by atoms with Gasteiger partial charge in [-0.1, -0.05) is 22.0 Å². The lowest BCUT2D eigenvalue weighted by atomic mass is 10.2. The van der Waals surface area contributed by atoms with Crippen LogP contribution in [0.3, 0.4) is 0 Å². The monoisotopic (exact) mass is 342 g/mol. The molecular weight excluding hydrogens is 332 g/mol. The Labute approximate surface area is 119 Å². The fraction of sp³-hybridized carbons (Fsp3) is 0.0833. The van der Waals surface area contributed by atoms with E-state index in [2.05, 4.69) is 20.9 Å². The van der Waals surface area contributed by atoms with Crippen LogP contribution in [0.1, 0.15) is 5.56 Å². The molecule has 0 aliphatic carbocycles. The average molecular weight is 343 g/mol. The van der Waals surface area contributed by atoms with Crippen LogP contribution in [-0.4, -0.2) is 13.4 Å². The molecule has 100 valence electrons. The van der Waals surface area contributed by atoms with E-state index < -0.39 is 10.0 Å². The second-order valence-corrected chi connectivity index (χ2v) is 6.37. The Morgan fingerprint density at radius 2 is 2.00 bits per heavy atom. The summed E-state index contributed by atoms with van der Waals surface area (Å²) in [5.41, 5.74) is 0.945. The Hall–Kier alpha value is -1.44. The second kappa shape index (κ2) is 5.28. The fourth-order valence-electron chi connectivity index (χ4n) is 1.39. The van der Waals surface area contributed by atoms with Crippen LogP contribution in [0.5, 0.6) is 11.6 Å². The van der Waals surface area contributed by atoms with Crippen LogP contribution < -0.4 is 9.88 Å². The molecule has 0 fully saturated rings. The summed E-state index contributed by atoms with van der Waals surface area (Å²) < 4.78 is 28.6. The van der Waals surface area contributed by atoms with E-state index in [-0.39, 0.29) is 4.90 Å². The van der Waals surface area contributed by atoms with E-state index in [9.17, 15) is 8.42 Å². The molecule has 7 heteroatoms. The minimum absolute atomic E-state index is 0.0502. The van der Waals surface area contributed by atoms with Gasteiger partial charge in [-0.2, -0.15) is 0 Å². The van der Waals surface area contributed by atoms with Gasteiger partial charge in [0.2, 0.25) is 15.9 Å². The molecule has 0 saturated carbocycles. The SMILES string of the molecule is Cc1ccc(Br)cc1Oc1ccc(S(N)(=O)=O)cn1. The quantitative estimate of drug-likeness (QED) is 0.929. The maximum absolute atomic E-state index is 11.1. The Morgan fingerprint density at radius 3 is 2.58 bits per heavy atom. The van der Waals surface area contributed by atoms with Crippen molar-refractivity contribution < 1.29 is 13.2 Å². The van der Waals surface area contributed by atoms with E-state index >= 15 is 0 Å². The van der Waals surface area contributed by atoms with Crippen molar-refractivity contribution in [3.8, 4) is 11.6 Å². The molecule has 0 atom stereocenters. The number of hydrogen-bond donors (Lipinski definition) is 1. The first kappa shape index (κ1) is 14.0. The number of rotatable bonds is 3. The molecule has 19 heavy (non-hydrogen) atoms. The van der Waals surface area contributed by atoms with Crippen LogP contribution in [0.25, 0.3) is 0 Å². The van der Waals surface area contributed by atoms with Crippen molar-refractivity contribution in [1.29, 1.82) is 0 Å². The van der Waals surface area contributed by atoms with Crippen molar-refractivity contribution in [1.82, 2.24) is 4.98 Å². The van der Waals surface area contributed by atoms with Gasteiger partial charge in [-0.05, 0) is 30.7 Å². The summed E-state index contributed by atoms with van der Waals surface area (Å²) in [4.78, 5) is 3.86. The highest BCUT2D eigenvalue weighted by Gasteiger charge is 2.09. The van der Waals surface area contributed by atoms with Crippen molar-refractivity contribution in [3.63, 3.8) is 0 Å². The summed E-state index contributed by atoms with van der Waals surface area (Å²) in [6.07, 6.45) is 1.16. The van der Waals surface area contributed by atoms with E-state index in [1.165, 1.54) is 12.1 Å². The molecule has 0 bridgehead atoms. The maximum atomic E-state index is 11.1. The third kappa shape index (κ3) is 3.52. The van der Waals surface area contributed by atoms with Crippen molar-refractivity contribution in [2.24, 2.45) is 5.14 Å². The number of pyridine rings is 1. The molecule has 1 heterocycles. The van der Waals surface area contributed by atoms with E-state index in [1.807, 2.05) is 25.1 Å². The molecule has 0 unspecified atom stereocenters. The molecule has 0 aliphatic heterocycles. The third-order valence-corrected chi connectivity index (χ3v) is 3.79. The van der Waals surface area contributed by atoms with Crippen molar-refractivity contribution in [2.45, 2.75) is 11.8 Å². The number of primary sulfonamides is 1. The van der Waals surface area contributed by atoms with Gasteiger partial charge >= 0.3 is 0 Å². The first-order chi connectivity index (χ1) is 8.86. The largest absolute Gasteiger partial charge is 0.439 e. The Balaban J connectivity index is 2.27. The topological polar surface area (TPSA) is 82.3 Å². The van der Waals surface area contributed by atoms with Gasteiger partial charge in [-0.3, -0.25) is 0 Å². The average Bonchev–Trinajstić information content (AvgIpc) is 2.33.